The largest absolute Gasteiger partial charge is 0.490 e. The number of ether oxygens (including phenoxy) is 2. The number of likely N-dealkylation sites (tertiary alicyclic amines) is 1. The lowest BCUT2D eigenvalue weighted by atomic mass is 10.1. The van der Waals surface area contributed by atoms with Crippen LogP contribution in [0.4, 0.5) is 0 Å². The molecule has 1 aromatic heterocycles. The zero-order chi connectivity index (χ0) is 23.1. The molecule has 0 N–H and O–H groups in total. The van der Waals surface area contributed by atoms with Crippen LogP contribution < -0.4 is 15.0 Å². The number of hydrogen-bond donors (Lipinski definition) is 0. The van der Waals surface area contributed by atoms with E-state index in [9.17, 15) is 14.9 Å². The Bertz CT molecular complexity index is 1110. The van der Waals surface area contributed by atoms with E-state index >= 15 is 0 Å². The fraction of sp³-hybridized carbons (Fsp3) is 0.417. The molecule has 1 aromatic carbocycles. The number of aromatic nitrogens is 1. The number of rotatable bonds is 7. The van der Waals surface area contributed by atoms with Crippen molar-refractivity contribution >= 4 is 12.1 Å². The van der Waals surface area contributed by atoms with Crippen molar-refractivity contribution in [2.45, 2.75) is 40.0 Å². The van der Waals surface area contributed by atoms with Gasteiger partial charge in [-0.05, 0) is 75.4 Å². The number of amides is 1. The summed E-state index contributed by atoms with van der Waals surface area (Å²) >= 11 is 0. The topological polar surface area (TPSA) is 96.9 Å². The Morgan fingerprint density at radius 1 is 1.16 bits per heavy atom. The molecule has 8 nitrogen and oxygen atoms in total. The minimum Gasteiger partial charge on any atom is -0.490 e. The van der Waals surface area contributed by atoms with E-state index in [-0.39, 0.29) is 18.1 Å². The van der Waals surface area contributed by atoms with E-state index in [4.69, 9.17) is 9.47 Å². The highest BCUT2D eigenvalue weighted by molar-refractivity contribution is 5.81. The van der Waals surface area contributed by atoms with Crippen LogP contribution in [-0.4, -0.2) is 48.0 Å². The van der Waals surface area contributed by atoms with Gasteiger partial charge in [0.15, 0.2) is 18.1 Å². The van der Waals surface area contributed by atoms with Crippen LogP contribution in [0.2, 0.25) is 0 Å². The Morgan fingerprint density at radius 2 is 1.91 bits per heavy atom. The summed E-state index contributed by atoms with van der Waals surface area (Å²) < 4.78 is 12.6. The van der Waals surface area contributed by atoms with E-state index in [1.54, 1.807) is 38.1 Å². The fourth-order valence-electron chi connectivity index (χ4n) is 3.65. The molecule has 0 atom stereocenters. The number of carbonyl (C=O) groups excluding carboxylic acids is 1. The van der Waals surface area contributed by atoms with Gasteiger partial charge in [-0.25, -0.2) is 4.68 Å². The number of benzene rings is 1. The average Bonchev–Trinajstić information content (AvgIpc) is 2.79. The second-order valence-corrected chi connectivity index (χ2v) is 7.69. The van der Waals surface area contributed by atoms with Gasteiger partial charge >= 0.3 is 0 Å². The van der Waals surface area contributed by atoms with Crippen molar-refractivity contribution in [2.24, 2.45) is 5.10 Å². The van der Waals surface area contributed by atoms with Crippen LogP contribution in [-0.2, 0) is 4.79 Å². The molecule has 1 saturated heterocycles. The normalized spacial score (nSPS) is 13.8. The fourth-order valence-corrected chi connectivity index (χ4v) is 3.65. The minimum atomic E-state index is -0.456. The SMILES string of the molecule is CCOc1cc(/C=N/n2c(C)cc(C)c(C#N)c2=O)ccc1OCC(=O)N1CCCCC1. The predicted molar refractivity (Wildman–Crippen MR) is 121 cm³/mol. The molecular weight excluding hydrogens is 408 g/mol. The molecule has 0 saturated carbocycles. The van der Waals surface area contributed by atoms with Gasteiger partial charge in [-0.15, -0.1) is 0 Å². The van der Waals surface area contributed by atoms with Crippen molar-refractivity contribution in [3.63, 3.8) is 0 Å². The first-order valence-electron chi connectivity index (χ1n) is 10.8. The van der Waals surface area contributed by atoms with Gasteiger partial charge in [-0.2, -0.15) is 10.4 Å². The first-order valence-corrected chi connectivity index (χ1v) is 10.8. The Balaban J connectivity index is 1.78. The molecular formula is C24H28N4O4. The lowest BCUT2D eigenvalue weighted by Crippen LogP contribution is -2.38. The van der Waals surface area contributed by atoms with E-state index in [2.05, 4.69) is 5.10 Å². The third-order valence-corrected chi connectivity index (χ3v) is 5.32. The van der Waals surface area contributed by atoms with E-state index in [0.29, 0.717) is 34.9 Å². The van der Waals surface area contributed by atoms with E-state index in [0.717, 1.165) is 32.4 Å². The second-order valence-electron chi connectivity index (χ2n) is 7.69. The van der Waals surface area contributed by atoms with E-state index < -0.39 is 5.56 Å². The van der Waals surface area contributed by atoms with Crippen LogP contribution >= 0.6 is 0 Å². The summed E-state index contributed by atoms with van der Waals surface area (Å²) in [6, 6.07) is 8.92. The lowest BCUT2D eigenvalue weighted by Gasteiger charge is -2.26. The Hall–Kier alpha value is -3.60. The van der Waals surface area contributed by atoms with Crippen molar-refractivity contribution < 1.29 is 14.3 Å². The van der Waals surface area contributed by atoms with E-state index in [1.807, 2.05) is 17.9 Å². The van der Waals surface area contributed by atoms with Gasteiger partial charge in [0.25, 0.3) is 11.5 Å². The van der Waals surface area contributed by atoms with Crippen LogP contribution in [0.15, 0.2) is 34.2 Å². The molecule has 8 heteroatoms. The summed E-state index contributed by atoms with van der Waals surface area (Å²) in [5.74, 6) is 0.943. The molecule has 0 aliphatic carbocycles. The molecule has 2 aromatic rings. The summed E-state index contributed by atoms with van der Waals surface area (Å²) in [6.45, 7) is 7.30. The van der Waals surface area contributed by atoms with Crippen LogP contribution in [0.5, 0.6) is 11.5 Å². The van der Waals surface area contributed by atoms with Gasteiger partial charge in [-0.1, -0.05) is 0 Å². The van der Waals surface area contributed by atoms with Crippen LogP contribution in [0, 0.1) is 25.2 Å². The molecule has 1 fully saturated rings. The van der Waals surface area contributed by atoms with Gasteiger partial charge in [0.05, 0.1) is 12.8 Å². The molecule has 168 valence electrons. The molecule has 2 heterocycles. The van der Waals surface area contributed by atoms with Gasteiger partial charge in [0, 0.05) is 18.8 Å². The maximum Gasteiger partial charge on any atom is 0.289 e. The zero-order valence-electron chi connectivity index (χ0n) is 18.8. The number of nitriles is 1. The van der Waals surface area contributed by atoms with Gasteiger partial charge < -0.3 is 14.4 Å². The Morgan fingerprint density at radius 3 is 2.59 bits per heavy atom. The predicted octanol–water partition coefficient (Wildman–Crippen LogP) is 3.01. The maximum absolute atomic E-state index is 12.5. The highest BCUT2D eigenvalue weighted by atomic mass is 16.5. The van der Waals surface area contributed by atoms with Gasteiger partial charge in [-0.3, -0.25) is 9.59 Å². The lowest BCUT2D eigenvalue weighted by molar-refractivity contribution is -0.134. The molecule has 1 amide bonds. The number of piperidine rings is 1. The van der Waals surface area contributed by atoms with Crippen molar-refractivity contribution in [2.75, 3.05) is 26.3 Å². The van der Waals surface area contributed by atoms with Gasteiger partial charge in [0.1, 0.15) is 11.6 Å². The third kappa shape index (κ3) is 5.35. The minimum absolute atomic E-state index is 0.0275. The molecule has 0 unspecified atom stereocenters. The number of aryl methyl sites for hydroxylation is 2. The maximum atomic E-state index is 12.5. The van der Waals surface area contributed by atoms with Crippen molar-refractivity contribution in [1.82, 2.24) is 9.58 Å². The van der Waals surface area contributed by atoms with Crippen molar-refractivity contribution in [3.8, 4) is 17.6 Å². The smallest absolute Gasteiger partial charge is 0.289 e. The quantitative estimate of drug-likeness (QED) is 0.622. The summed E-state index contributed by atoms with van der Waals surface area (Å²) in [7, 11) is 0. The number of hydrogen-bond acceptors (Lipinski definition) is 6. The first-order chi connectivity index (χ1) is 15.4. The molecule has 0 bridgehead atoms. The van der Waals surface area contributed by atoms with Crippen molar-refractivity contribution in [3.05, 3.63) is 57.0 Å². The van der Waals surface area contributed by atoms with Crippen LogP contribution in [0.3, 0.4) is 0 Å². The summed E-state index contributed by atoms with van der Waals surface area (Å²) in [5.41, 5.74) is 1.56. The van der Waals surface area contributed by atoms with Crippen LogP contribution in [0.1, 0.15) is 48.6 Å². The monoisotopic (exact) mass is 436 g/mol. The molecule has 1 aliphatic rings. The van der Waals surface area contributed by atoms with Gasteiger partial charge in [0.2, 0.25) is 0 Å². The molecule has 1 aliphatic heterocycles. The number of carbonyl (C=O) groups is 1. The zero-order valence-corrected chi connectivity index (χ0v) is 18.8. The summed E-state index contributed by atoms with van der Waals surface area (Å²) in [5, 5.41) is 13.5. The number of pyridine rings is 1. The second kappa shape index (κ2) is 10.6. The highest BCUT2D eigenvalue weighted by Gasteiger charge is 2.18. The standard InChI is InChI=1S/C24H28N4O4/c1-4-31-22-13-19(15-26-28-18(3)12-17(2)20(14-25)24(28)30)8-9-21(22)32-16-23(29)27-10-6-5-7-11-27/h8-9,12-13,15H,4-7,10-11,16H2,1-3H3/b26-15+. The van der Waals surface area contributed by atoms with Crippen LogP contribution in [0.25, 0.3) is 0 Å². The highest BCUT2D eigenvalue weighted by Crippen LogP contribution is 2.28. The molecule has 0 radical (unpaired) electrons. The molecule has 3 rings (SSSR count). The first kappa shape index (κ1) is 23.1. The average molecular weight is 437 g/mol. The molecule has 0 spiro atoms. The Kier molecular flexibility index (Phi) is 7.66. The third-order valence-electron chi connectivity index (χ3n) is 5.32. The van der Waals surface area contributed by atoms with E-state index in [1.165, 1.54) is 10.9 Å². The number of nitrogens with zero attached hydrogens (tertiary/aromatic N) is 4. The summed E-state index contributed by atoms with van der Waals surface area (Å²) in [6.07, 6.45) is 4.75. The van der Waals surface area contributed by atoms with Crippen molar-refractivity contribution in [1.29, 1.82) is 5.26 Å². The molecule has 32 heavy (non-hydrogen) atoms. The summed E-state index contributed by atoms with van der Waals surface area (Å²) in [4.78, 5) is 26.7. The Labute approximate surface area is 187 Å².